The lowest BCUT2D eigenvalue weighted by Crippen LogP contribution is -2.28. The van der Waals surface area contributed by atoms with Crippen molar-refractivity contribution < 1.29 is 8.91 Å². The topological polar surface area (TPSA) is 101 Å². The van der Waals surface area contributed by atoms with E-state index in [9.17, 15) is 9.18 Å². The average Bonchev–Trinajstić information content (AvgIpc) is 3.34. The van der Waals surface area contributed by atoms with E-state index < -0.39 is 5.82 Å². The van der Waals surface area contributed by atoms with E-state index in [4.69, 9.17) is 16.1 Å². The largest absolute Gasteiger partial charge is 0.333 e. The van der Waals surface area contributed by atoms with Crippen LogP contribution in [0.3, 0.4) is 0 Å². The number of rotatable bonds is 3. The lowest BCUT2D eigenvalue weighted by molar-refractivity contribution is 0.432. The minimum absolute atomic E-state index is 0. The molecule has 0 atom stereocenters. The molecule has 0 bridgehead atoms. The normalized spacial score (nSPS) is 14.7. The Hall–Kier alpha value is -2.75. The molecular weight excluding hydrogens is 434 g/mol. The average molecular weight is 451 g/mol. The maximum Gasteiger partial charge on any atom is 0.263 e. The highest BCUT2D eigenvalue weighted by Crippen LogP contribution is 2.29. The van der Waals surface area contributed by atoms with Crippen molar-refractivity contribution in [1.82, 2.24) is 30.1 Å². The van der Waals surface area contributed by atoms with E-state index in [0.717, 1.165) is 31.6 Å². The molecule has 0 saturated carbocycles. The second kappa shape index (κ2) is 8.17. The summed E-state index contributed by atoms with van der Waals surface area (Å²) in [6.45, 7) is 1.80. The molecule has 4 heterocycles. The van der Waals surface area contributed by atoms with E-state index in [1.807, 2.05) is 0 Å². The maximum atomic E-state index is 13.6. The Morgan fingerprint density at radius 2 is 2.00 bits per heavy atom. The molecule has 3 aromatic heterocycles. The van der Waals surface area contributed by atoms with Gasteiger partial charge in [0.2, 0.25) is 5.82 Å². The van der Waals surface area contributed by atoms with E-state index in [0.29, 0.717) is 16.8 Å². The van der Waals surface area contributed by atoms with Gasteiger partial charge in [-0.05, 0) is 44.1 Å². The van der Waals surface area contributed by atoms with Crippen molar-refractivity contribution in [2.24, 2.45) is 0 Å². The second-order valence-electron chi connectivity index (χ2n) is 6.98. The van der Waals surface area contributed by atoms with Gasteiger partial charge in [-0.2, -0.15) is 10.1 Å². The molecule has 1 aliphatic rings. The van der Waals surface area contributed by atoms with Crippen LogP contribution < -0.4 is 10.9 Å². The van der Waals surface area contributed by atoms with Gasteiger partial charge in [-0.3, -0.25) is 4.79 Å². The summed E-state index contributed by atoms with van der Waals surface area (Å²) in [4.78, 5) is 19.4. The summed E-state index contributed by atoms with van der Waals surface area (Å²) in [6.07, 6.45) is 3.43. The van der Waals surface area contributed by atoms with Gasteiger partial charge in [-0.25, -0.2) is 8.91 Å². The van der Waals surface area contributed by atoms with Crippen molar-refractivity contribution in [2.75, 3.05) is 13.1 Å². The molecule has 8 nitrogen and oxygen atoms in total. The summed E-state index contributed by atoms with van der Waals surface area (Å²) in [5.41, 5.74) is 2.01. The van der Waals surface area contributed by atoms with Crippen LogP contribution in [-0.2, 0) is 0 Å². The Bertz CT molecular complexity index is 1240. The number of aromatic nitrogens is 5. The third kappa shape index (κ3) is 3.71. The lowest BCUT2D eigenvalue weighted by Gasteiger charge is -2.23. The fourth-order valence-electron chi connectivity index (χ4n) is 3.71. The maximum absolute atomic E-state index is 13.6. The van der Waals surface area contributed by atoms with Crippen LogP contribution in [0.15, 0.2) is 39.8 Å². The number of hydrogen-bond donors (Lipinski definition) is 2. The molecule has 30 heavy (non-hydrogen) atoms. The minimum Gasteiger partial charge on any atom is -0.333 e. The molecule has 4 aromatic rings. The third-order valence-corrected chi connectivity index (χ3v) is 5.29. The molecule has 1 aromatic carbocycles. The van der Waals surface area contributed by atoms with Crippen LogP contribution in [0.1, 0.15) is 24.5 Å². The van der Waals surface area contributed by atoms with E-state index >= 15 is 0 Å². The van der Waals surface area contributed by atoms with Crippen molar-refractivity contribution in [3.63, 3.8) is 0 Å². The lowest BCUT2D eigenvalue weighted by atomic mass is 9.94. The summed E-state index contributed by atoms with van der Waals surface area (Å²) < 4.78 is 20.7. The Labute approximate surface area is 180 Å². The standard InChI is InChI=1S/C19H16ClFN6O2.ClH/c20-12-5-11(6-13(21)7-12)17-25-19(29-26-17)14-9-23-27-15(8-16(28)24-18(14)27)10-1-3-22-4-2-10;/h5-10,22H,1-4H2,(H,24,28);1H. The van der Waals surface area contributed by atoms with Crippen molar-refractivity contribution in [2.45, 2.75) is 18.8 Å². The molecular formula is C19H17Cl2FN6O2. The number of halogens is 3. The summed E-state index contributed by atoms with van der Waals surface area (Å²) in [5, 5.41) is 11.9. The molecule has 1 aliphatic heterocycles. The van der Waals surface area contributed by atoms with Gasteiger partial charge in [-0.1, -0.05) is 16.8 Å². The van der Waals surface area contributed by atoms with E-state index in [2.05, 4.69) is 25.5 Å². The number of hydrogen-bond acceptors (Lipinski definition) is 6. The van der Waals surface area contributed by atoms with Gasteiger partial charge < -0.3 is 14.8 Å². The predicted molar refractivity (Wildman–Crippen MR) is 112 cm³/mol. The van der Waals surface area contributed by atoms with Gasteiger partial charge in [0.1, 0.15) is 17.0 Å². The van der Waals surface area contributed by atoms with Crippen LogP contribution in [-0.4, -0.2) is 37.8 Å². The van der Waals surface area contributed by atoms with Crippen LogP contribution in [0.4, 0.5) is 4.39 Å². The van der Waals surface area contributed by atoms with Crippen LogP contribution in [0.25, 0.3) is 28.5 Å². The van der Waals surface area contributed by atoms with Crippen molar-refractivity contribution in [3.8, 4) is 22.8 Å². The third-order valence-electron chi connectivity index (χ3n) is 5.07. The fourth-order valence-corrected chi connectivity index (χ4v) is 3.93. The number of aromatic amines is 1. The Balaban J connectivity index is 0.00000218. The first kappa shape index (κ1) is 20.5. The molecule has 156 valence electrons. The molecule has 0 amide bonds. The van der Waals surface area contributed by atoms with Gasteiger partial charge >= 0.3 is 0 Å². The number of fused-ring (bicyclic) bond motifs is 1. The highest BCUT2D eigenvalue weighted by molar-refractivity contribution is 6.30. The molecule has 0 radical (unpaired) electrons. The number of piperidine rings is 1. The monoisotopic (exact) mass is 450 g/mol. The van der Waals surface area contributed by atoms with Crippen molar-refractivity contribution in [1.29, 1.82) is 0 Å². The number of nitrogens with one attached hydrogen (secondary N) is 2. The Morgan fingerprint density at radius 1 is 1.20 bits per heavy atom. The molecule has 1 fully saturated rings. The Morgan fingerprint density at radius 3 is 2.77 bits per heavy atom. The molecule has 1 saturated heterocycles. The van der Waals surface area contributed by atoms with E-state index in [-0.39, 0.29) is 40.6 Å². The first-order chi connectivity index (χ1) is 14.1. The van der Waals surface area contributed by atoms with Gasteiger partial charge in [-0.15, -0.1) is 12.4 Å². The predicted octanol–water partition coefficient (Wildman–Crippen LogP) is 3.42. The fraction of sp³-hybridized carbons (Fsp3) is 0.263. The van der Waals surface area contributed by atoms with E-state index in [1.165, 1.54) is 12.1 Å². The summed E-state index contributed by atoms with van der Waals surface area (Å²) in [6, 6.07) is 5.61. The first-order valence-corrected chi connectivity index (χ1v) is 9.58. The molecule has 0 aliphatic carbocycles. The second-order valence-corrected chi connectivity index (χ2v) is 7.42. The van der Waals surface area contributed by atoms with Crippen molar-refractivity contribution in [3.05, 3.63) is 57.3 Å². The molecule has 5 rings (SSSR count). The summed E-state index contributed by atoms with van der Waals surface area (Å²) >= 11 is 5.91. The van der Waals surface area contributed by atoms with Gasteiger partial charge in [0.15, 0.2) is 0 Å². The molecule has 0 spiro atoms. The zero-order valence-electron chi connectivity index (χ0n) is 15.6. The van der Waals surface area contributed by atoms with Crippen LogP contribution in [0, 0.1) is 5.82 Å². The molecule has 0 unspecified atom stereocenters. The first-order valence-electron chi connectivity index (χ1n) is 9.21. The quantitative estimate of drug-likeness (QED) is 0.495. The van der Waals surface area contributed by atoms with Gasteiger partial charge in [0.25, 0.3) is 11.4 Å². The zero-order valence-corrected chi connectivity index (χ0v) is 17.1. The summed E-state index contributed by atoms with van der Waals surface area (Å²) in [7, 11) is 0. The van der Waals surface area contributed by atoms with Crippen LogP contribution >= 0.6 is 24.0 Å². The molecule has 2 N–H and O–H groups in total. The van der Waals surface area contributed by atoms with Gasteiger partial charge in [0.05, 0.1) is 11.9 Å². The Kier molecular flexibility index (Phi) is 5.59. The SMILES string of the molecule is Cl.O=c1cc(C2CCNCC2)n2ncc(-c3nc(-c4cc(F)cc(Cl)c4)no3)c2[nH]1. The van der Waals surface area contributed by atoms with Crippen molar-refractivity contribution >= 4 is 29.7 Å². The minimum atomic E-state index is -0.495. The van der Waals surface area contributed by atoms with Crippen LogP contribution in [0.5, 0.6) is 0 Å². The number of H-pyrrole nitrogens is 1. The summed E-state index contributed by atoms with van der Waals surface area (Å²) in [5.74, 6) is 0.110. The number of benzene rings is 1. The highest BCUT2D eigenvalue weighted by atomic mass is 35.5. The number of nitrogens with zero attached hydrogens (tertiary/aromatic N) is 4. The van der Waals surface area contributed by atoms with E-state index in [1.54, 1.807) is 22.8 Å². The zero-order chi connectivity index (χ0) is 20.0. The van der Waals surface area contributed by atoms with Gasteiger partial charge in [0, 0.05) is 22.6 Å². The van der Waals surface area contributed by atoms with Crippen LogP contribution in [0.2, 0.25) is 5.02 Å². The highest BCUT2D eigenvalue weighted by Gasteiger charge is 2.22. The molecule has 11 heteroatoms. The smallest absolute Gasteiger partial charge is 0.263 e.